The summed E-state index contributed by atoms with van der Waals surface area (Å²) in [6.45, 7) is 1.51. The van der Waals surface area contributed by atoms with E-state index in [9.17, 15) is 4.79 Å². The summed E-state index contributed by atoms with van der Waals surface area (Å²) in [5.74, 6) is 0.910. The van der Waals surface area contributed by atoms with Crippen LogP contribution in [0.5, 0.6) is 0 Å². The maximum Gasteiger partial charge on any atom is 0.221 e. The number of hydrogen-bond donors (Lipinski definition) is 1. The number of amides is 1. The molecule has 0 aromatic heterocycles. The van der Waals surface area contributed by atoms with Crippen LogP contribution in [0, 0.1) is 0 Å². The third-order valence-electron chi connectivity index (χ3n) is 2.74. The molecule has 2 nitrogen and oxygen atoms in total. The van der Waals surface area contributed by atoms with Crippen LogP contribution in [0.15, 0.2) is 58.3 Å². The van der Waals surface area contributed by atoms with Gasteiger partial charge in [0.2, 0.25) is 5.91 Å². The van der Waals surface area contributed by atoms with Crippen molar-refractivity contribution in [3.05, 3.63) is 54.1 Å². The van der Waals surface area contributed by atoms with Gasteiger partial charge in [-0.05, 0) is 48.2 Å². The van der Waals surface area contributed by atoms with Crippen molar-refractivity contribution in [2.24, 2.45) is 0 Å². The lowest BCUT2D eigenvalue weighted by Gasteiger charge is -2.05. The Hall–Kier alpha value is -1.39. The minimum atomic E-state index is -0.0423. The summed E-state index contributed by atoms with van der Waals surface area (Å²) >= 11 is 3.55. The molecular weight excluding hydrogens is 286 g/mol. The molecule has 104 valence electrons. The molecule has 2 aromatic rings. The van der Waals surface area contributed by atoms with Crippen LogP contribution in [0.4, 0.5) is 5.69 Å². The summed E-state index contributed by atoms with van der Waals surface area (Å²) in [5.41, 5.74) is 2.16. The number of thioether (sulfide) groups is 2. The Morgan fingerprint density at radius 2 is 1.60 bits per heavy atom. The van der Waals surface area contributed by atoms with Gasteiger partial charge in [0.1, 0.15) is 0 Å². The highest BCUT2D eigenvalue weighted by molar-refractivity contribution is 7.98. The van der Waals surface area contributed by atoms with Crippen molar-refractivity contribution in [2.75, 3.05) is 11.6 Å². The van der Waals surface area contributed by atoms with Crippen LogP contribution in [0.25, 0.3) is 0 Å². The molecule has 0 saturated carbocycles. The Bertz CT molecular complexity index is 564. The second-order valence-electron chi connectivity index (χ2n) is 4.34. The van der Waals surface area contributed by atoms with Crippen LogP contribution >= 0.6 is 23.5 Å². The van der Waals surface area contributed by atoms with E-state index in [0.717, 1.165) is 11.4 Å². The van der Waals surface area contributed by atoms with Gasteiger partial charge in [-0.3, -0.25) is 4.79 Å². The fourth-order valence-electron chi connectivity index (χ4n) is 1.73. The highest BCUT2D eigenvalue weighted by atomic mass is 32.2. The summed E-state index contributed by atoms with van der Waals surface area (Å²) in [5, 5.41) is 2.77. The Balaban J connectivity index is 1.91. The van der Waals surface area contributed by atoms with E-state index in [0.29, 0.717) is 0 Å². The van der Waals surface area contributed by atoms with E-state index < -0.39 is 0 Å². The van der Waals surface area contributed by atoms with Crippen molar-refractivity contribution in [3.8, 4) is 0 Å². The fourth-order valence-corrected chi connectivity index (χ4v) is 2.99. The molecule has 0 unspecified atom stereocenters. The van der Waals surface area contributed by atoms with Gasteiger partial charge in [-0.15, -0.1) is 23.5 Å². The third kappa shape index (κ3) is 4.62. The molecule has 0 fully saturated rings. The second kappa shape index (κ2) is 7.41. The molecule has 0 radical (unpaired) electrons. The Labute approximate surface area is 128 Å². The molecular formula is C16H17NOS2. The Morgan fingerprint density at radius 3 is 2.15 bits per heavy atom. The number of benzene rings is 2. The highest BCUT2D eigenvalue weighted by Gasteiger charge is 1.99. The lowest BCUT2D eigenvalue weighted by atomic mass is 10.2. The first-order chi connectivity index (χ1) is 9.67. The monoisotopic (exact) mass is 303 g/mol. The smallest absolute Gasteiger partial charge is 0.221 e. The van der Waals surface area contributed by atoms with E-state index in [4.69, 9.17) is 0 Å². The van der Waals surface area contributed by atoms with Crippen LogP contribution in [0.1, 0.15) is 12.5 Å². The number of carbonyl (C=O) groups is 1. The Morgan fingerprint density at radius 1 is 1.00 bits per heavy atom. The molecule has 1 N–H and O–H groups in total. The largest absolute Gasteiger partial charge is 0.326 e. The van der Waals surface area contributed by atoms with Crippen molar-refractivity contribution in [3.63, 3.8) is 0 Å². The van der Waals surface area contributed by atoms with E-state index in [1.807, 2.05) is 24.3 Å². The normalized spacial score (nSPS) is 10.3. The first kappa shape index (κ1) is 15.0. The van der Waals surface area contributed by atoms with E-state index in [-0.39, 0.29) is 5.91 Å². The van der Waals surface area contributed by atoms with Gasteiger partial charge in [-0.25, -0.2) is 0 Å². The predicted molar refractivity (Wildman–Crippen MR) is 88.5 cm³/mol. The Kier molecular flexibility index (Phi) is 5.56. The molecule has 0 heterocycles. The molecule has 2 rings (SSSR count). The number of nitrogens with one attached hydrogen (secondary N) is 1. The predicted octanol–water partition coefficient (Wildman–Crippen LogP) is 4.66. The summed E-state index contributed by atoms with van der Waals surface area (Å²) in [4.78, 5) is 13.4. The molecule has 0 aliphatic rings. The number of rotatable bonds is 5. The van der Waals surface area contributed by atoms with Crippen LogP contribution in [0.2, 0.25) is 0 Å². The minimum Gasteiger partial charge on any atom is -0.326 e. The second-order valence-corrected chi connectivity index (χ2v) is 6.27. The molecule has 1 amide bonds. The molecule has 0 saturated heterocycles. The van der Waals surface area contributed by atoms with E-state index >= 15 is 0 Å². The van der Waals surface area contributed by atoms with Crippen molar-refractivity contribution >= 4 is 35.1 Å². The van der Waals surface area contributed by atoms with E-state index in [2.05, 4.69) is 35.8 Å². The standard InChI is InChI=1S/C16H17NOS2/c1-12(18)17-14-5-9-16(10-6-14)20-11-13-3-7-15(19-2)8-4-13/h3-10H,11H2,1-2H3,(H,17,18). The lowest BCUT2D eigenvalue weighted by Crippen LogP contribution is -2.05. The summed E-state index contributed by atoms with van der Waals surface area (Å²) in [6, 6.07) is 16.6. The number of hydrogen-bond acceptors (Lipinski definition) is 3. The zero-order valence-electron chi connectivity index (χ0n) is 11.6. The number of carbonyl (C=O) groups excluding carboxylic acids is 1. The van der Waals surface area contributed by atoms with Gasteiger partial charge in [-0.1, -0.05) is 12.1 Å². The van der Waals surface area contributed by atoms with Gasteiger partial charge in [-0.2, -0.15) is 0 Å². The number of anilines is 1. The van der Waals surface area contributed by atoms with Gasteiger partial charge in [0.05, 0.1) is 0 Å². The molecule has 2 aromatic carbocycles. The quantitative estimate of drug-likeness (QED) is 0.815. The van der Waals surface area contributed by atoms with Crippen molar-refractivity contribution in [1.29, 1.82) is 0 Å². The first-order valence-corrected chi connectivity index (χ1v) is 8.52. The average molecular weight is 303 g/mol. The fraction of sp³-hybridized carbons (Fsp3) is 0.188. The third-order valence-corrected chi connectivity index (χ3v) is 4.57. The average Bonchev–Trinajstić information content (AvgIpc) is 2.46. The van der Waals surface area contributed by atoms with Gasteiger partial charge in [0, 0.05) is 28.2 Å². The van der Waals surface area contributed by atoms with E-state index in [1.165, 1.54) is 22.3 Å². The van der Waals surface area contributed by atoms with Gasteiger partial charge >= 0.3 is 0 Å². The molecule has 4 heteroatoms. The van der Waals surface area contributed by atoms with Crippen LogP contribution in [-0.4, -0.2) is 12.2 Å². The zero-order chi connectivity index (χ0) is 14.4. The maximum atomic E-state index is 10.9. The minimum absolute atomic E-state index is 0.0423. The molecule has 0 aliphatic carbocycles. The first-order valence-electron chi connectivity index (χ1n) is 6.31. The van der Waals surface area contributed by atoms with Gasteiger partial charge in [0.15, 0.2) is 0 Å². The van der Waals surface area contributed by atoms with Crippen molar-refractivity contribution in [2.45, 2.75) is 22.5 Å². The summed E-state index contributed by atoms with van der Waals surface area (Å²) < 4.78 is 0. The van der Waals surface area contributed by atoms with Gasteiger partial charge in [0.25, 0.3) is 0 Å². The topological polar surface area (TPSA) is 29.1 Å². The van der Waals surface area contributed by atoms with Crippen LogP contribution in [-0.2, 0) is 10.5 Å². The summed E-state index contributed by atoms with van der Waals surface area (Å²) in [7, 11) is 0. The summed E-state index contributed by atoms with van der Waals surface area (Å²) in [6.07, 6.45) is 2.08. The SMILES string of the molecule is CSc1ccc(CSc2ccc(NC(C)=O)cc2)cc1. The molecule has 0 bridgehead atoms. The molecule has 0 atom stereocenters. The van der Waals surface area contributed by atoms with E-state index in [1.54, 1.807) is 23.5 Å². The molecule has 0 spiro atoms. The lowest BCUT2D eigenvalue weighted by molar-refractivity contribution is -0.114. The van der Waals surface area contributed by atoms with Crippen molar-refractivity contribution < 1.29 is 4.79 Å². The van der Waals surface area contributed by atoms with Crippen LogP contribution in [0.3, 0.4) is 0 Å². The van der Waals surface area contributed by atoms with Crippen LogP contribution < -0.4 is 5.32 Å². The van der Waals surface area contributed by atoms with Crippen molar-refractivity contribution in [1.82, 2.24) is 0 Å². The molecule has 20 heavy (non-hydrogen) atoms. The highest BCUT2D eigenvalue weighted by Crippen LogP contribution is 2.25. The molecule has 0 aliphatic heterocycles. The van der Waals surface area contributed by atoms with Gasteiger partial charge < -0.3 is 5.32 Å². The zero-order valence-corrected chi connectivity index (χ0v) is 13.2. The maximum absolute atomic E-state index is 10.9.